The Morgan fingerprint density at radius 1 is 1.37 bits per heavy atom. The van der Waals surface area contributed by atoms with Gasteiger partial charge in [0, 0.05) is 17.6 Å². The van der Waals surface area contributed by atoms with Crippen molar-refractivity contribution < 1.29 is 0 Å². The lowest BCUT2D eigenvalue weighted by molar-refractivity contribution is 0.199. The summed E-state index contributed by atoms with van der Waals surface area (Å²) in [7, 11) is 4.25. The van der Waals surface area contributed by atoms with Crippen LogP contribution in [-0.2, 0) is 0 Å². The van der Waals surface area contributed by atoms with E-state index in [0.29, 0.717) is 6.04 Å². The zero-order chi connectivity index (χ0) is 13.7. The van der Waals surface area contributed by atoms with Gasteiger partial charge in [-0.2, -0.15) is 0 Å². The van der Waals surface area contributed by atoms with Crippen molar-refractivity contribution in [3.05, 3.63) is 34.9 Å². The average molecular weight is 281 g/mol. The molecule has 0 heterocycles. The van der Waals surface area contributed by atoms with Gasteiger partial charge in [-0.3, -0.25) is 0 Å². The van der Waals surface area contributed by atoms with Crippen LogP contribution in [0.3, 0.4) is 0 Å². The largest absolute Gasteiger partial charge is 0.313 e. The van der Waals surface area contributed by atoms with Crippen LogP contribution in [0.1, 0.15) is 37.3 Å². The van der Waals surface area contributed by atoms with Crippen molar-refractivity contribution in [2.45, 2.75) is 31.7 Å². The number of hydrogen-bond acceptors (Lipinski definition) is 2. The molecule has 0 bridgehead atoms. The maximum absolute atomic E-state index is 6.28. The normalized spacial score (nSPS) is 17.5. The predicted octanol–water partition coefficient (Wildman–Crippen LogP) is 3.72. The molecule has 1 aromatic rings. The highest BCUT2D eigenvalue weighted by Crippen LogP contribution is 2.28. The molecule has 1 aromatic carbocycles. The van der Waals surface area contributed by atoms with E-state index in [1.807, 2.05) is 19.2 Å². The Kier molecular flexibility index (Phi) is 5.68. The molecule has 1 aliphatic rings. The van der Waals surface area contributed by atoms with E-state index in [9.17, 15) is 0 Å². The van der Waals surface area contributed by atoms with Crippen LogP contribution in [0.2, 0.25) is 5.02 Å². The standard InChI is InChI=1S/C16H25ClN2/c1-18-16(14-8-3-4-9-15(14)17)10-11-19(2)12-13-6-5-7-13/h3-4,8-9,13,16,18H,5-7,10-12H2,1-2H3. The third kappa shape index (κ3) is 4.20. The number of hydrogen-bond donors (Lipinski definition) is 1. The SMILES string of the molecule is CNC(CCN(C)CC1CCC1)c1ccccc1Cl. The molecule has 1 N–H and O–H groups in total. The fraction of sp³-hybridized carbons (Fsp3) is 0.625. The number of nitrogens with one attached hydrogen (secondary N) is 1. The quantitative estimate of drug-likeness (QED) is 0.819. The first-order valence-corrected chi connectivity index (χ1v) is 7.68. The molecule has 0 saturated heterocycles. The van der Waals surface area contributed by atoms with Crippen LogP contribution in [0.15, 0.2) is 24.3 Å². The van der Waals surface area contributed by atoms with E-state index in [2.05, 4.69) is 29.4 Å². The molecule has 1 fully saturated rings. The van der Waals surface area contributed by atoms with Crippen LogP contribution in [0.25, 0.3) is 0 Å². The maximum Gasteiger partial charge on any atom is 0.0453 e. The van der Waals surface area contributed by atoms with Gasteiger partial charge in [0.2, 0.25) is 0 Å². The molecule has 2 rings (SSSR count). The van der Waals surface area contributed by atoms with Gasteiger partial charge in [-0.05, 0) is 57.5 Å². The summed E-state index contributed by atoms with van der Waals surface area (Å²) in [6.45, 7) is 2.37. The smallest absolute Gasteiger partial charge is 0.0453 e. The molecule has 0 amide bonds. The highest BCUT2D eigenvalue weighted by molar-refractivity contribution is 6.31. The zero-order valence-corrected chi connectivity index (χ0v) is 12.8. The van der Waals surface area contributed by atoms with E-state index in [1.54, 1.807) is 0 Å². The summed E-state index contributed by atoms with van der Waals surface area (Å²) >= 11 is 6.28. The third-order valence-electron chi connectivity index (χ3n) is 4.22. The third-order valence-corrected chi connectivity index (χ3v) is 4.57. The van der Waals surface area contributed by atoms with Crippen LogP contribution >= 0.6 is 11.6 Å². The summed E-state index contributed by atoms with van der Waals surface area (Å²) in [4.78, 5) is 2.46. The van der Waals surface area contributed by atoms with Crippen LogP contribution in [0, 0.1) is 5.92 Å². The molecule has 0 radical (unpaired) electrons. The molecule has 1 saturated carbocycles. The van der Waals surface area contributed by atoms with Gasteiger partial charge in [0.1, 0.15) is 0 Å². The van der Waals surface area contributed by atoms with Gasteiger partial charge >= 0.3 is 0 Å². The summed E-state index contributed by atoms with van der Waals surface area (Å²) in [6.07, 6.45) is 5.37. The van der Waals surface area contributed by atoms with Gasteiger partial charge in [0.25, 0.3) is 0 Å². The fourth-order valence-corrected chi connectivity index (χ4v) is 3.04. The summed E-state index contributed by atoms with van der Waals surface area (Å²) in [5, 5.41) is 4.25. The molecule has 2 nitrogen and oxygen atoms in total. The van der Waals surface area contributed by atoms with Crippen molar-refractivity contribution >= 4 is 11.6 Å². The van der Waals surface area contributed by atoms with Crippen LogP contribution in [0.5, 0.6) is 0 Å². The van der Waals surface area contributed by atoms with Gasteiger partial charge in [0.05, 0.1) is 0 Å². The van der Waals surface area contributed by atoms with Crippen molar-refractivity contribution in [1.82, 2.24) is 10.2 Å². The highest BCUT2D eigenvalue weighted by Gasteiger charge is 2.19. The predicted molar refractivity (Wildman–Crippen MR) is 82.7 cm³/mol. The summed E-state index contributed by atoms with van der Waals surface area (Å²) < 4.78 is 0. The molecule has 1 atom stereocenters. The number of benzene rings is 1. The van der Waals surface area contributed by atoms with E-state index in [-0.39, 0.29) is 0 Å². The maximum atomic E-state index is 6.28. The Labute approximate surface area is 122 Å². The lowest BCUT2D eigenvalue weighted by atomic mass is 9.85. The molecular weight excluding hydrogens is 256 g/mol. The van der Waals surface area contributed by atoms with Crippen LogP contribution < -0.4 is 5.32 Å². The van der Waals surface area contributed by atoms with Gasteiger partial charge in [-0.25, -0.2) is 0 Å². The van der Waals surface area contributed by atoms with Crippen LogP contribution in [0.4, 0.5) is 0 Å². The molecule has 106 valence electrons. The van der Waals surface area contributed by atoms with Gasteiger partial charge < -0.3 is 10.2 Å². The van der Waals surface area contributed by atoms with Crippen LogP contribution in [-0.4, -0.2) is 32.1 Å². The Morgan fingerprint density at radius 3 is 2.68 bits per heavy atom. The molecule has 0 aromatic heterocycles. The highest BCUT2D eigenvalue weighted by atomic mass is 35.5. The minimum absolute atomic E-state index is 0.345. The average Bonchev–Trinajstić information content (AvgIpc) is 2.36. The van der Waals surface area contributed by atoms with E-state index < -0.39 is 0 Å². The minimum atomic E-state index is 0.345. The second kappa shape index (κ2) is 7.28. The molecule has 1 unspecified atom stereocenters. The monoisotopic (exact) mass is 280 g/mol. The number of nitrogens with zero attached hydrogens (tertiary/aromatic N) is 1. The molecule has 0 aliphatic heterocycles. The lowest BCUT2D eigenvalue weighted by Crippen LogP contribution is -2.32. The van der Waals surface area contributed by atoms with E-state index >= 15 is 0 Å². The first-order chi connectivity index (χ1) is 9.20. The van der Waals surface area contributed by atoms with Crippen molar-refractivity contribution in [3.63, 3.8) is 0 Å². The summed E-state index contributed by atoms with van der Waals surface area (Å²) in [6, 6.07) is 8.48. The first-order valence-electron chi connectivity index (χ1n) is 7.31. The molecule has 19 heavy (non-hydrogen) atoms. The molecular formula is C16H25ClN2. The summed E-state index contributed by atoms with van der Waals surface area (Å²) in [5.41, 5.74) is 1.21. The second-order valence-corrected chi connectivity index (χ2v) is 6.12. The Morgan fingerprint density at radius 2 is 2.11 bits per heavy atom. The summed E-state index contributed by atoms with van der Waals surface area (Å²) in [5.74, 6) is 0.943. The molecule has 3 heteroatoms. The van der Waals surface area contributed by atoms with Crippen molar-refractivity contribution in [2.24, 2.45) is 5.92 Å². The van der Waals surface area contributed by atoms with Crippen molar-refractivity contribution in [2.75, 3.05) is 27.2 Å². The van der Waals surface area contributed by atoms with Gasteiger partial charge in [-0.15, -0.1) is 0 Å². The molecule has 0 spiro atoms. The van der Waals surface area contributed by atoms with E-state index in [4.69, 9.17) is 11.6 Å². The zero-order valence-electron chi connectivity index (χ0n) is 12.0. The minimum Gasteiger partial charge on any atom is -0.313 e. The lowest BCUT2D eigenvalue weighted by Gasteiger charge is -2.31. The molecule has 1 aliphatic carbocycles. The Balaban J connectivity index is 1.83. The van der Waals surface area contributed by atoms with Crippen molar-refractivity contribution in [3.8, 4) is 0 Å². The fourth-order valence-electron chi connectivity index (χ4n) is 2.77. The number of halogens is 1. The van der Waals surface area contributed by atoms with Gasteiger partial charge in [0.15, 0.2) is 0 Å². The Bertz CT molecular complexity index is 390. The van der Waals surface area contributed by atoms with E-state index in [0.717, 1.165) is 23.9 Å². The van der Waals surface area contributed by atoms with Gasteiger partial charge in [-0.1, -0.05) is 36.2 Å². The topological polar surface area (TPSA) is 15.3 Å². The number of rotatable bonds is 7. The second-order valence-electron chi connectivity index (χ2n) is 5.71. The first kappa shape index (κ1) is 14.8. The Hall–Kier alpha value is -0.570. The van der Waals surface area contributed by atoms with E-state index in [1.165, 1.54) is 31.4 Å². The van der Waals surface area contributed by atoms with Crippen molar-refractivity contribution in [1.29, 1.82) is 0 Å².